The maximum absolute atomic E-state index is 9.29. The monoisotopic (exact) mass is 195 g/mol. The Balaban J connectivity index is 2.36. The number of aliphatic hydroxyl groups excluding tert-OH is 1. The van der Waals surface area contributed by atoms with E-state index in [1.165, 1.54) is 24.1 Å². The van der Waals surface area contributed by atoms with Crippen LogP contribution < -0.4 is 5.73 Å². The fourth-order valence-corrected chi connectivity index (χ4v) is 2.16. The zero-order chi connectivity index (χ0) is 9.97. The van der Waals surface area contributed by atoms with Gasteiger partial charge in [-0.15, -0.1) is 0 Å². The summed E-state index contributed by atoms with van der Waals surface area (Å²) in [5.74, 6) is 0. The van der Waals surface area contributed by atoms with Crippen LogP contribution in [0.1, 0.15) is 29.8 Å². The molecule has 0 aromatic carbocycles. The summed E-state index contributed by atoms with van der Waals surface area (Å²) in [4.78, 5) is 0. The van der Waals surface area contributed by atoms with Crippen molar-refractivity contribution in [2.24, 2.45) is 5.73 Å². The van der Waals surface area contributed by atoms with Gasteiger partial charge in [0.25, 0.3) is 0 Å². The smallest absolute Gasteiger partial charge is 0.0852 e. The molecule has 78 valence electrons. The van der Waals surface area contributed by atoms with Crippen molar-refractivity contribution in [3.05, 3.63) is 17.0 Å². The van der Waals surface area contributed by atoms with E-state index in [2.05, 4.69) is 5.10 Å². The fraction of sp³-hybridized carbons (Fsp3) is 0.700. The summed E-state index contributed by atoms with van der Waals surface area (Å²) >= 11 is 0. The van der Waals surface area contributed by atoms with E-state index in [-0.39, 0.29) is 6.61 Å². The molecular weight excluding hydrogens is 178 g/mol. The van der Waals surface area contributed by atoms with Gasteiger partial charge in [0.15, 0.2) is 0 Å². The minimum absolute atomic E-state index is 0.0856. The molecular formula is C10H17N3O. The average molecular weight is 195 g/mol. The highest BCUT2D eigenvalue weighted by Gasteiger charge is 2.19. The summed E-state index contributed by atoms with van der Waals surface area (Å²) in [5.41, 5.74) is 8.92. The third kappa shape index (κ3) is 1.55. The summed E-state index contributed by atoms with van der Waals surface area (Å²) in [6.45, 7) is 1.37. The molecule has 0 spiro atoms. The van der Waals surface area contributed by atoms with Crippen molar-refractivity contribution in [3.8, 4) is 0 Å². The molecule has 0 bridgehead atoms. The number of nitrogens with zero attached hydrogens (tertiary/aromatic N) is 2. The molecule has 0 unspecified atom stereocenters. The van der Waals surface area contributed by atoms with Gasteiger partial charge in [0.05, 0.1) is 24.5 Å². The van der Waals surface area contributed by atoms with E-state index >= 15 is 0 Å². The topological polar surface area (TPSA) is 64.1 Å². The van der Waals surface area contributed by atoms with Crippen molar-refractivity contribution in [2.75, 3.05) is 6.54 Å². The Hall–Kier alpha value is -0.870. The van der Waals surface area contributed by atoms with E-state index < -0.39 is 0 Å². The number of fused-ring (bicyclic) bond motifs is 1. The zero-order valence-electron chi connectivity index (χ0n) is 8.37. The van der Waals surface area contributed by atoms with Crippen LogP contribution in [0.2, 0.25) is 0 Å². The number of aliphatic hydroxyl groups is 1. The van der Waals surface area contributed by atoms with Gasteiger partial charge in [-0.25, -0.2) is 0 Å². The van der Waals surface area contributed by atoms with Crippen LogP contribution in [0.15, 0.2) is 0 Å². The zero-order valence-corrected chi connectivity index (χ0v) is 8.37. The van der Waals surface area contributed by atoms with Crippen LogP contribution in [0.3, 0.4) is 0 Å². The highest BCUT2D eigenvalue weighted by atomic mass is 16.3. The number of nitrogens with two attached hydrogens (primary N) is 1. The normalized spacial score (nSPS) is 15.6. The van der Waals surface area contributed by atoms with Gasteiger partial charge in [-0.3, -0.25) is 4.68 Å². The second kappa shape index (κ2) is 4.11. The van der Waals surface area contributed by atoms with Crippen molar-refractivity contribution in [3.63, 3.8) is 0 Å². The molecule has 0 aliphatic heterocycles. The Morgan fingerprint density at radius 3 is 2.86 bits per heavy atom. The molecule has 3 N–H and O–H groups in total. The summed E-state index contributed by atoms with van der Waals surface area (Å²) in [6.07, 6.45) is 4.56. The van der Waals surface area contributed by atoms with Gasteiger partial charge < -0.3 is 10.8 Å². The Bertz CT molecular complexity index is 319. The van der Waals surface area contributed by atoms with Crippen LogP contribution in [0.4, 0.5) is 0 Å². The molecule has 0 fully saturated rings. The van der Waals surface area contributed by atoms with Gasteiger partial charge in [-0.2, -0.15) is 5.10 Å². The third-order valence-corrected chi connectivity index (χ3v) is 2.83. The molecule has 2 rings (SSSR count). The number of rotatable bonds is 3. The molecule has 0 radical (unpaired) electrons. The molecule has 1 aromatic rings. The van der Waals surface area contributed by atoms with E-state index in [0.29, 0.717) is 13.1 Å². The van der Waals surface area contributed by atoms with Crippen LogP contribution >= 0.6 is 0 Å². The van der Waals surface area contributed by atoms with E-state index in [0.717, 1.165) is 18.5 Å². The van der Waals surface area contributed by atoms with E-state index in [1.807, 2.05) is 4.68 Å². The van der Waals surface area contributed by atoms with Gasteiger partial charge in [0, 0.05) is 6.54 Å². The average Bonchev–Trinajstić information content (AvgIpc) is 2.55. The van der Waals surface area contributed by atoms with Crippen LogP contribution in [0.5, 0.6) is 0 Å². The van der Waals surface area contributed by atoms with Crippen molar-refractivity contribution in [1.29, 1.82) is 0 Å². The summed E-state index contributed by atoms with van der Waals surface area (Å²) < 4.78 is 1.87. The quantitative estimate of drug-likeness (QED) is 0.725. The number of hydrogen-bond donors (Lipinski definition) is 2. The molecule has 1 aliphatic rings. The highest BCUT2D eigenvalue weighted by molar-refractivity contribution is 5.28. The molecule has 0 atom stereocenters. The first-order valence-electron chi connectivity index (χ1n) is 5.25. The third-order valence-electron chi connectivity index (χ3n) is 2.83. The number of hydrogen-bond acceptors (Lipinski definition) is 3. The van der Waals surface area contributed by atoms with Gasteiger partial charge in [-0.1, -0.05) is 0 Å². The maximum atomic E-state index is 9.29. The van der Waals surface area contributed by atoms with Crippen molar-refractivity contribution < 1.29 is 5.11 Å². The van der Waals surface area contributed by atoms with E-state index in [1.54, 1.807) is 0 Å². The maximum Gasteiger partial charge on any atom is 0.0852 e. The minimum atomic E-state index is 0.0856. The van der Waals surface area contributed by atoms with Crippen LogP contribution in [0, 0.1) is 0 Å². The van der Waals surface area contributed by atoms with Crippen molar-refractivity contribution in [1.82, 2.24) is 9.78 Å². The molecule has 0 saturated carbocycles. The second-order valence-electron chi connectivity index (χ2n) is 3.75. The van der Waals surface area contributed by atoms with Gasteiger partial charge >= 0.3 is 0 Å². The van der Waals surface area contributed by atoms with Gasteiger partial charge in [0.2, 0.25) is 0 Å². The van der Waals surface area contributed by atoms with Crippen molar-refractivity contribution >= 4 is 0 Å². The number of aromatic nitrogens is 2. The lowest BCUT2D eigenvalue weighted by molar-refractivity contribution is 0.266. The van der Waals surface area contributed by atoms with Crippen molar-refractivity contribution in [2.45, 2.75) is 38.8 Å². The first kappa shape index (κ1) is 9.68. The lowest BCUT2D eigenvalue weighted by atomic mass is 9.96. The first-order valence-corrected chi connectivity index (χ1v) is 5.25. The Labute approximate surface area is 83.7 Å². The minimum Gasteiger partial charge on any atom is -0.390 e. The van der Waals surface area contributed by atoms with E-state index in [9.17, 15) is 5.11 Å². The molecule has 4 nitrogen and oxygen atoms in total. The molecule has 0 saturated heterocycles. The number of aryl methyl sites for hydroxylation is 1. The summed E-state index contributed by atoms with van der Waals surface area (Å²) in [5, 5.41) is 13.8. The molecule has 4 heteroatoms. The second-order valence-corrected chi connectivity index (χ2v) is 3.75. The predicted molar refractivity (Wildman–Crippen MR) is 53.8 cm³/mol. The molecule has 0 amide bonds. The fourth-order valence-electron chi connectivity index (χ4n) is 2.16. The summed E-state index contributed by atoms with van der Waals surface area (Å²) in [6, 6.07) is 0. The Kier molecular flexibility index (Phi) is 2.84. The SMILES string of the molecule is NCCn1nc2c(c1CO)CCCC2. The molecule has 1 heterocycles. The molecule has 1 aliphatic carbocycles. The Morgan fingerprint density at radius 1 is 1.36 bits per heavy atom. The van der Waals surface area contributed by atoms with E-state index in [4.69, 9.17) is 5.73 Å². The first-order chi connectivity index (χ1) is 6.86. The standard InChI is InChI=1S/C10H17N3O/c11-5-6-13-10(7-14)8-3-1-2-4-9(8)12-13/h14H,1-7,11H2. The van der Waals surface area contributed by atoms with Crippen LogP contribution in [0.25, 0.3) is 0 Å². The lowest BCUT2D eigenvalue weighted by Crippen LogP contribution is -2.14. The van der Waals surface area contributed by atoms with Crippen LogP contribution in [-0.2, 0) is 26.0 Å². The highest BCUT2D eigenvalue weighted by Crippen LogP contribution is 2.23. The van der Waals surface area contributed by atoms with Gasteiger partial charge in [0.1, 0.15) is 0 Å². The largest absolute Gasteiger partial charge is 0.390 e. The van der Waals surface area contributed by atoms with Crippen LogP contribution in [-0.4, -0.2) is 21.4 Å². The lowest BCUT2D eigenvalue weighted by Gasteiger charge is -2.10. The van der Waals surface area contributed by atoms with Gasteiger partial charge in [-0.05, 0) is 31.2 Å². The predicted octanol–water partition coefficient (Wildman–Crippen LogP) is 0.213. The molecule has 1 aromatic heterocycles. The summed E-state index contributed by atoms with van der Waals surface area (Å²) in [7, 11) is 0. The Morgan fingerprint density at radius 2 is 2.14 bits per heavy atom. The molecule has 14 heavy (non-hydrogen) atoms.